The van der Waals surface area contributed by atoms with Crippen LogP contribution in [0.25, 0.3) is 11.4 Å². The van der Waals surface area contributed by atoms with E-state index in [1.54, 1.807) is 0 Å². The number of amides is 1. The predicted octanol–water partition coefficient (Wildman–Crippen LogP) is 4.58. The second kappa shape index (κ2) is 10.1. The summed E-state index contributed by atoms with van der Waals surface area (Å²) in [5, 5.41) is 7.84. The highest BCUT2D eigenvalue weighted by atomic mass is 35.5. The van der Waals surface area contributed by atoms with Crippen LogP contribution in [-0.4, -0.2) is 40.6 Å². The van der Waals surface area contributed by atoms with Crippen molar-refractivity contribution in [3.63, 3.8) is 0 Å². The Morgan fingerprint density at radius 1 is 1.16 bits per heavy atom. The molecule has 1 aliphatic heterocycles. The van der Waals surface area contributed by atoms with Crippen molar-refractivity contribution in [3.05, 3.63) is 70.6 Å². The lowest BCUT2D eigenvalue weighted by molar-refractivity contribution is -0.121. The highest BCUT2D eigenvalue weighted by Crippen LogP contribution is 2.29. The van der Waals surface area contributed by atoms with Gasteiger partial charge in [0.2, 0.25) is 17.6 Å². The highest BCUT2D eigenvalue weighted by molar-refractivity contribution is 6.31. The number of carbonyl (C=O) groups excluding carboxylic acids is 1. The summed E-state index contributed by atoms with van der Waals surface area (Å²) in [6.45, 7) is 4.61. The van der Waals surface area contributed by atoms with Gasteiger partial charge < -0.3 is 9.84 Å². The van der Waals surface area contributed by atoms with E-state index in [2.05, 4.69) is 20.4 Å². The van der Waals surface area contributed by atoms with Crippen LogP contribution in [0.2, 0.25) is 5.02 Å². The van der Waals surface area contributed by atoms with E-state index in [9.17, 15) is 4.79 Å². The zero-order chi connectivity index (χ0) is 21.6. The number of aromatic nitrogens is 2. The number of likely N-dealkylation sites (tertiary alicyclic amines) is 1. The fraction of sp³-hybridized carbons (Fsp3) is 0.375. The third-order valence-corrected chi connectivity index (χ3v) is 6.03. The van der Waals surface area contributed by atoms with E-state index in [1.165, 1.54) is 18.4 Å². The van der Waals surface area contributed by atoms with Gasteiger partial charge in [0, 0.05) is 30.0 Å². The molecule has 0 saturated carbocycles. The van der Waals surface area contributed by atoms with E-state index in [4.69, 9.17) is 16.1 Å². The van der Waals surface area contributed by atoms with E-state index in [0.717, 1.165) is 29.2 Å². The van der Waals surface area contributed by atoms with E-state index in [0.29, 0.717) is 31.1 Å². The molecule has 2 heterocycles. The number of hydrogen-bond donors (Lipinski definition) is 1. The molecule has 1 saturated heterocycles. The smallest absolute Gasteiger partial charge is 0.227 e. The first-order valence-corrected chi connectivity index (χ1v) is 11.1. The number of benzene rings is 2. The molecule has 1 atom stereocenters. The minimum Gasteiger partial charge on any atom is -0.354 e. The maximum atomic E-state index is 12.5. The molecule has 1 aromatic heterocycles. The molecule has 31 heavy (non-hydrogen) atoms. The molecule has 1 aliphatic rings. The minimum absolute atomic E-state index is 0.0358. The lowest BCUT2D eigenvalue weighted by Crippen LogP contribution is -2.37. The first-order valence-electron chi connectivity index (χ1n) is 10.7. The van der Waals surface area contributed by atoms with Gasteiger partial charge in [0.1, 0.15) is 0 Å². The molecule has 0 aliphatic carbocycles. The van der Waals surface area contributed by atoms with E-state index >= 15 is 0 Å². The van der Waals surface area contributed by atoms with Crippen LogP contribution in [0.5, 0.6) is 0 Å². The molecule has 6 nitrogen and oxygen atoms in total. The third-order valence-electron chi connectivity index (χ3n) is 5.68. The number of aryl methyl sites for hydroxylation is 2. The van der Waals surface area contributed by atoms with Crippen molar-refractivity contribution in [2.45, 2.75) is 38.6 Å². The standard InChI is InChI=1S/C24H27ClN4O2/c1-17-8-10-18(11-9-17)24-27-23(31-28-24)13-12-22(30)26-16-21(29-14-4-5-15-29)19-6-2-3-7-20(19)25/h2-3,6-11,21H,4-5,12-16H2,1H3,(H,26,30)/t21-/m1/s1. The summed E-state index contributed by atoms with van der Waals surface area (Å²) in [6, 6.07) is 15.9. The fourth-order valence-corrected chi connectivity index (χ4v) is 4.19. The molecule has 1 N–H and O–H groups in total. The average Bonchev–Trinajstić information content (AvgIpc) is 3.47. The molecule has 0 radical (unpaired) electrons. The highest BCUT2D eigenvalue weighted by Gasteiger charge is 2.25. The van der Waals surface area contributed by atoms with Crippen molar-refractivity contribution >= 4 is 17.5 Å². The summed E-state index contributed by atoms with van der Waals surface area (Å²) in [5.74, 6) is 0.975. The van der Waals surface area contributed by atoms with Crippen LogP contribution in [-0.2, 0) is 11.2 Å². The summed E-state index contributed by atoms with van der Waals surface area (Å²) in [6.07, 6.45) is 3.06. The van der Waals surface area contributed by atoms with E-state index < -0.39 is 0 Å². The summed E-state index contributed by atoms with van der Waals surface area (Å²) in [4.78, 5) is 19.3. The van der Waals surface area contributed by atoms with Gasteiger partial charge in [-0.25, -0.2) is 0 Å². The molecule has 0 bridgehead atoms. The second-order valence-electron chi connectivity index (χ2n) is 7.96. The van der Waals surface area contributed by atoms with Gasteiger partial charge >= 0.3 is 0 Å². The van der Waals surface area contributed by atoms with Gasteiger partial charge in [-0.05, 0) is 44.5 Å². The van der Waals surface area contributed by atoms with Crippen LogP contribution in [0.3, 0.4) is 0 Å². The van der Waals surface area contributed by atoms with E-state index in [-0.39, 0.29) is 11.9 Å². The molecule has 7 heteroatoms. The summed E-state index contributed by atoms with van der Waals surface area (Å²) >= 11 is 6.45. The van der Waals surface area contributed by atoms with Crippen molar-refractivity contribution < 1.29 is 9.32 Å². The minimum atomic E-state index is -0.0358. The number of hydrogen-bond acceptors (Lipinski definition) is 5. The van der Waals surface area contributed by atoms with Crippen LogP contribution in [0, 0.1) is 6.92 Å². The van der Waals surface area contributed by atoms with Gasteiger partial charge in [0.05, 0.1) is 6.04 Å². The Bertz CT molecular complexity index is 1010. The van der Waals surface area contributed by atoms with Gasteiger partial charge in [0.15, 0.2) is 0 Å². The van der Waals surface area contributed by atoms with E-state index in [1.807, 2.05) is 55.5 Å². The Kier molecular flexibility index (Phi) is 6.99. The summed E-state index contributed by atoms with van der Waals surface area (Å²) in [7, 11) is 0. The first-order chi connectivity index (χ1) is 15.1. The van der Waals surface area contributed by atoms with Crippen molar-refractivity contribution in [2.75, 3.05) is 19.6 Å². The van der Waals surface area contributed by atoms with Gasteiger partial charge in [-0.3, -0.25) is 9.69 Å². The predicted molar refractivity (Wildman–Crippen MR) is 121 cm³/mol. The Balaban J connectivity index is 1.33. The van der Waals surface area contributed by atoms with Crippen LogP contribution in [0.15, 0.2) is 53.1 Å². The Labute approximate surface area is 187 Å². The van der Waals surface area contributed by atoms with Crippen LogP contribution < -0.4 is 5.32 Å². The number of halogens is 1. The number of nitrogens with zero attached hydrogens (tertiary/aromatic N) is 3. The second-order valence-corrected chi connectivity index (χ2v) is 8.37. The third kappa shape index (κ3) is 5.51. The normalized spacial score (nSPS) is 15.2. The van der Waals surface area contributed by atoms with Crippen LogP contribution >= 0.6 is 11.6 Å². The molecule has 1 fully saturated rings. The van der Waals surface area contributed by atoms with Gasteiger partial charge in [0.25, 0.3) is 0 Å². The monoisotopic (exact) mass is 438 g/mol. The molecule has 162 valence electrons. The molecular formula is C24H27ClN4O2. The number of carbonyl (C=O) groups is 1. The summed E-state index contributed by atoms with van der Waals surface area (Å²) in [5.41, 5.74) is 3.14. The van der Waals surface area contributed by atoms with Crippen molar-refractivity contribution in [1.29, 1.82) is 0 Å². The number of rotatable bonds is 8. The lowest BCUT2D eigenvalue weighted by Gasteiger charge is -2.29. The quantitative estimate of drug-likeness (QED) is 0.557. The maximum absolute atomic E-state index is 12.5. The molecule has 0 unspecified atom stereocenters. The number of nitrogens with one attached hydrogen (secondary N) is 1. The Morgan fingerprint density at radius 2 is 1.90 bits per heavy atom. The molecule has 0 spiro atoms. The molecule has 1 amide bonds. The average molecular weight is 439 g/mol. The lowest BCUT2D eigenvalue weighted by atomic mass is 10.1. The van der Waals surface area contributed by atoms with Crippen molar-refractivity contribution in [2.24, 2.45) is 0 Å². The summed E-state index contributed by atoms with van der Waals surface area (Å²) < 4.78 is 5.32. The maximum Gasteiger partial charge on any atom is 0.227 e. The van der Waals surface area contributed by atoms with Gasteiger partial charge in [-0.15, -0.1) is 0 Å². The van der Waals surface area contributed by atoms with Crippen LogP contribution in [0.4, 0.5) is 0 Å². The fourth-order valence-electron chi connectivity index (χ4n) is 3.93. The van der Waals surface area contributed by atoms with Gasteiger partial charge in [-0.1, -0.05) is 64.8 Å². The van der Waals surface area contributed by atoms with Crippen molar-refractivity contribution in [3.8, 4) is 11.4 Å². The molecular weight excluding hydrogens is 412 g/mol. The molecule has 4 rings (SSSR count). The zero-order valence-electron chi connectivity index (χ0n) is 17.7. The Hall–Kier alpha value is -2.70. The first kappa shape index (κ1) is 21.5. The Morgan fingerprint density at radius 3 is 2.65 bits per heavy atom. The molecule has 3 aromatic rings. The van der Waals surface area contributed by atoms with Gasteiger partial charge in [-0.2, -0.15) is 4.98 Å². The SMILES string of the molecule is Cc1ccc(-c2noc(CCC(=O)NC[C@H](c3ccccc3Cl)N3CCCC3)n2)cc1. The molecule has 2 aromatic carbocycles. The largest absolute Gasteiger partial charge is 0.354 e. The van der Waals surface area contributed by atoms with Crippen LogP contribution in [0.1, 0.15) is 42.3 Å². The van der Waals surface area contributed by atoms with Crippen molar-refractivity contribution in [1.82, 2.24) is 20.4 Å². The topological polar surface area (TPSA) is 71.3 Å². The zero-order valence-corrected chi connectivity index (χ0v) is 18.4.